The minimum atomic E-state index is 0. The van der Waals surface area contributed by atoms with E-state index in [0.717, 1.165) is 16.7 Å². The molecule has 0 unspecified atom stereocenters. The number of methoxy groups -OCH3 is 1. The van der Waals surface area contributed by atoms with E-state index >= 15 is 0 Å². The molecule has 0 spiro atoms. The number of ether oxygens (including phenoxy) is 1. The van der Waals surface area contributed by atoms with Crippen molar-refractivity contribution in [1.29, 1.82) is 0 Å². The number of nitrogens with zero attached hydrogens (tertiary/aromatic N) is 2. The third kappa shape index (κ3) is 6.91. The SMILES string of the molecule is CN=C(NCc1nc(C(C)C)cs1)NCc1ccccc1COC.I. The quantitative estimate of drug-likeness (QED) is 0.363. The molecule has 0 saturated carbocycles. The van der Waals surface area contributed by atoms with Gasteiger partial charge in [-0.2, -0.15) is 0 Å². The molecule has 5 nitrogen and oxygen atoms in total. The molecule has 1 aromatic carbocycles. The molecule has 0 saturated heterocycles. The molecule has 25 heavy (non-hydrogen) atoms. The Morgan fingerprint density at radius 2 is 1.88 bits per heavy atom. The second-order valence-electron chi connectivity index (χ2n) is 5.80. The number of thiazole rings is 1. The molecule has 2 aromatic rings. The molecule has 2 rings (SSSR count). The molecule has 0 aliphatic carbocycles. The first kappa shape index (κ1) is 21.9. The highest BCUT2D eigenvalue weighted by Crippen LogP contribution is 2.17. The molecule has 1 aromatic heterocycles. The van der Waals surface area contributed by atoms with Gasteiger partial charge in [0.2, 0.25) is 0 Å². The van der Waals surface area contributed by atoms with Gasteiger partial charge in [-0.3, -0.25) is 4.99 Å². The van der Waals surface area contributed by atoms with Crippen molar-refractivity contribution in [3.05, 3.63) is 51.5 Å². The maximum absolute atomic E-state index is 5.25. The summed E-state index contributed by atoms with van der Waals surface area (Å²) >= 11 is 1.68. The van der Waals surface area contributed by atoms with Gasteiger partial charge in [0.1, 0.15) is 5.01 Å². The van der Waals surface area contributed by atoms with Crippen molar-refractivity contribution in [2.75, 3.05) is 14.2 Å². The number of hydrogen-bond donors (Lipinski definition) is 2. The lowest BCUT2D eigenvalue weighted by Gasteiger charge is -2.13. The van der Waals surface area contributed by atoms with Gasteiger partial charge in [-0.15, -0.1) is 35.3 Å². The standard InChI is InChI=1S/C18H26N4OS.HI/c1-13(2)16-12-24-17(22-16)10-21-18(19-3)20-9-14-7-5-6-8-15(14)11-23-4;/h5-8,12-13H,9-11H2,1-4H3,(H2,19,20,21);1H. The van der Waals surface area contributed by atoms with Crippen LogP contribution in [-0.2, 0) is 24.4 Å². The summed E-state index contributed by atoms with van der Waals surface area (Å²) in [7, 11) is 3.49. The molecular weight excluding hydrogens is 447 g/mol. The number of guanidine groups is 1. The van der Waals surface area contributed by atoms with Gasteiger partial charge in [0.05, 0.1) is 18.8 Å². The number of rotatable bonds is 7. The van der Waals surface area contributed by atoms with E-state index in [1.165, 1.54) is 11.1 Å². The zero-order valence-corrected chi connectivity index (χ0v) is 18.4. The molecule has 0 aliphatic heterocycles. The number of nitrogens with one attached hydrogen (secondary N) is 2. The van der Waals surface area contributed by atoms with E-state index in [0.29, 0.717) is 25.6 Å². The molecule has 0 bridgehead atoms. The van der Waals surface area contributed by atoms with Gasteiger partial charge in [-0.25, -0.2) is 4.98 Å². The van der Waals surface area contributed by atoms with Crippen LogP contribution < -0.4 is 10.6 Å². The van der Waals surface area contributed by atoms with Gasteiger partial charge in [0.25, 0.3) is 0 Å². The van der Waals surface area contributed by atoms with Crippen LogP contribution in [0.25, 0.3) is 0 Å². The van der Waals surface area contributed by atoms with Gasteiger partial charge in [-0.1, -0.05) is 38.1 Å². The normalized spacial score (nSPS) is 11.3. The lowest BCUT2D eigenvalue weighted by atomic mass is 10.1. The number of aromatic nitrogens is 1. The van der Waals surface area contributed by atoms with Crippen LogP contribution in [0, 0.1) is 0 Å². The fourth-order valence-corrected chi connectivity index (χ4v) is 3.15. The highest BCUT2D eigenvalue weighted by Gasteiger charge is 2.07. The maximum Gasteiger partial charge on any atom is 0.191 e. The first-order valence-electron chi connectivity index (χ1n) is 8.08. The average molecular weight is 474 g/mol. The molecule has 0 amide bonds. The van der Waals surface area contributed by atoms with Crippen molar-refractivity contribution < 1.29 is 4.74 Å². The summed E-state index contributed by atoms with van der Waals surface area (Å²) in [6.07, 6.45) is 0. The smallest absolute Gasteiger partial charge is 0.191 e. The second kappa shape index (κ2) is 11.4. The lowest BCUT2D eigenvalue weighted by Crippen LogP contribution is -2.36. The zero-order chi connectivity index (χ0) is 17.4. The summed E-state index contributed by atoms with van der Waals surface area (Å²) in [6.45, 7) is 6.31. The highest BCUT2D eigenvalue weighted by atomic mass is 127. The predicted molar refractivity (Wildman–Crippen MR) is 116 cm³/mol. The van der Waals surface area contributed by atoms with E-state index in [1.807, 2.05) is 12.1 Å². The van der Waals surface area contributed by atoms with E-state index in [-0.39, 0.29) is 24.0 Å². The highest BCUT2D eigenvalue weighted by molar-refractivity contribution is 14.0. The minimum Gasteiger partial charge on any atom is -0.380 e. The predicted octanol–water partition coefficient (Wildman–Crippen LogP) is 3.90. The van der Waals surface area contributed by atoms with Crippen molar-refractivity contribution >= 4 is 41.3 Å². The average Bonchev–Trinajstić information content (AvgIpc) is 3.06. The second-order valence-corrected chi connectivity index (χ2v) is 6.74. The fourth-order valence-electron chi connectivity index (χ4n) is 2.26. The first-order chi connectivity index (χ1) is 11.6. The molecule has 0 radical (unpaired) electrons. The summed E-state index contributed by atoms with van der Waals surface area (Å²) in [5.74, 6) is 1.23. The van der Waals surface area contributed by atoms with E-state index in [2.05, 4.69) is 52.0 Å². The Bertz CT molecular complexity index is 673. The van der Waals surface area contributed by atoms with Gasteiger partial charge in [0, 0.05) is 26.1 Å². The summed E-state index contributed by atoms with van der Waals surface area (Å²) < 4.78 is 5.25. The van der Waals surface area contributed by atoms with Crippen LogP contribution in [0.2, 0.25) is 0 Å². The molecule has 0 atom stereocenters. The monoisotopic (exact) mass is 474 g/mol. The van der Waals surface area contributed by atoms with Crippen molar-refractivity contribution in [3.63, 3.8) is 0 Å². The molecule has 0 aliphatic rings. The van der Waals surface area contributed by atoms with Crippen molar-refractivity contribution in [1.82, 2.24) is 15.6 Å². The van der Waals surface area contributed by atoms with E-state index in [9.17, 15) is 0 Å². The Labute approximate surface area is 171 Å². The van der Waals surface area contributed by atoms with Crippen LogP contribution in [0.15, 0.2) is 34.6 Å². The van der Waals surface area contributed by atoms with Gasteiger partial charge >= 0.3 is 0 Å². The van der Waals surface area contributed by atoms with Gasteiger partial charge < -0.3 is 15.4 Å². The van der Waals surface area contributed by atoms with E-state index in [1.54, 1.807) is 25.5 Å². The third-order valence-electron chi connectivity index (χ3n) is 3.66. The molecule has 138 valence electrons. The molecule has 0 fully saturated rings. The van der Waals surface area contributed by atoms with Crippen molar-refractivity contribution in [2.45, 2.75) is 39.5 Å². The fraction of sp³-hybridized carbons (Fsp3) is 0.444. The van der Waals surface area contributed by atoms with Gasteiger partial charge in [-0.05, 0) is 17.0 Å². The number of hydrogen-bond acceptors (Lipinski definition) is 4. The zero-order valence-electron chi connectivity index (χ0n) is 15.2. The van der Waals surface area contributed by atoms with Crippen LogP contribution in [0.5, 0.6) is 0 Å². The van der Waals surface area contributed by atoms with Gasteiger partial charge in [0.15, 0.2) is 5.96 Å². The number of benzene rings is 1. The maximum atomic E-state index is 5.25. The Morgan fingerprint density at radius 3 is 2.48 bits per heavy atom. The Morgan fingerprint density at radius 1 is 1.20 bits per heavy atom. The largest absolute Gasteiger partial charge is 0.380 e. The first-order valence-corrected chi connectivity index (χ1v) is 8.96. The van der Waals surface area contributed by atoms with Crippen LogP contribution in [0.1, 0.15) is 41.6 Å². The van der Waals surface area contributed by atoms with Crippen LogP contribution >= 0.6 is 35.3 Å². The summed E-state index contributed by atoms with van der Waals surface area (Å²) in [6, 6.07) is 8.25. The molecule has 2 N–H and O–H groups in total. The lowest BCUT2D eigenvalue weighted by molar-refractivity contribution is 0.184. The Hall–Kier alpha value is -1.19. The van der Waals surface area contributed by atoms with Crippen molar-refractivity contribution in [2.24, 2.45) is 4.99 Å². The van der Waals surface area contributed by atoms with Crippen molar-refractivity contribution in [3.8, 4) is 0 Å². The number of aliphatic imine (C=N–C) groups is 1. The van der Waals surface area contributed by atoms with E-state index < -0.39 is 0 Å². The topological polar surface area (TPSA) is 58.5 Å². The Balaban J connectivity index is 0.00000312. The summed E-state index contributed by atoms with van der Waals surface area (Å²) in [4.78, 5) is 8.91. The molecule has 1 heterocycles. The van der Waals surface area contributed by atoms with Crippen LogP contribution in [0.4, 0.5) is 0 Å². The minimum absolute atomic E-state index is 0. The van der Waals surface area contributed by atoms with Crippen LogP contribution in [-0.4, -0.2) is 25.1 Å². The third-order valence-corrected chi connectivity index (χ3v) is 4.52. The van der Waals surface area contributed by atoms with E-state index in [4.69, 9.17) is 4.74 Å². The molecule has 7 heteroatoms. The number of halogens is 1. The molecular formula is C18H27IN4OS. The summed E-state index contributed by atoms with van der Waals surface area (Å²) in [5.41, 5.74) is 3.54. The van der Waals surface area contributed by atoms with Crippen LogP contribution in [0.3, 0.4) is 0 Å². The summed E-state index contributed by atoms with van der Waals surface area (Å²) in [5, 5.41) is 9.85. The Kier molecular flexibility index (Phi) is 9.99.